The quantitative estimate of drug-likeness (QED) is 0.408. The number of hydrogen-bond acceptors (Lipinski definition) is 2. The molecule has 1 unspecified atom stereocenters. The number of nitrogens with zero attached hydrogens (tertiary/aromatic N) is 1. The van der Waals surface area contributed by atoms with Crippen LogP contribution in [0.25, 0.3) is 6.08 Å². The van der Waals surface area contributed by atoms with Crippen LogP contribution in [0.2, 0.25) is 0 Å². The number of amides is 1. The van der Waals surface area contributed by atoms with E-state index in [2.05, 4.69) is 53.6 Å². The molecule has 0 aromatic heterocycles. The molecule has 1 saturated carbocycles. The second-order valence-corrected chi connectivity index (χ2v) is 11.7. The predicted molar refractivity (Wildman–Crippen MR) is 137 cm³/mol. The molecule has 4 atom stereocenters. The molecule has 39 heavy (non-hydrogen) atoms. The first kappa shape index (κ1) is 27.7. The molecule has 9 heteroatoms. The van der Waals surface area contributed by atoms with Crippen molar-refractivity contribution in [3.05, 3.63) is 76.4 Å². The maximum atomic E-state index is 13.2. The molecular weight excluding hydrogens is 518 g/mol. The van der Waals surface area contributed by atoms with Gasteiger partial charge in [0.2, 0.25) is 5.91 Å². The number of nitrogens with one attached hydrogen (secondary N) is 1. The summed E-state index contributed by atoms with van der Waals surface area (Å²) >= 11 is 0. The van der Waals surface area contributed by atoms with Gasteiger partial charge in [0.1, 0.15) is 0 Å². The molecule has 1 spiro atoms. The summed E-state index contributed by atoms with van der Waals surface area (Å²) in [5.41, 5.74) is -1.08. The van der Waals surface area contributed by atoms with Crippen molar-refractivity contribution in [2.45, 2.75) is 69.9 Å². The smallest absolute Gasteiger partial charge is 0.352 e. The SMILES string of the molecule is C[C@H]1CN(C2CC[C@](C)(C(=O)NCc3cc(C(F)(F)F)cc(C(F)(F)F)c3)C2)CC[C@@]12C=Cc1ccccc12. The van der Waals surface area contributed by atoms with Crippen LogP contribution in [0, 0.1) is 11.3 Å². The average Bonchev–Trinajstić information content (AvgIpc) is 3.46. The van der Waals surface area contributed by atoms with Gasteiger partial charge in [0.15, 0.2) is 0 Å². The van der Waals surface area contributed by atoms with E-state index >= 15 is 0 Å². The Bertz CT molecular complexity index is 1250. The minimum Gasteiger partial charge on any atom is -0.352 e. The van der Waals surface area contributed by atoms with Gasteiger partial charge in [-0.2, -0.15) is 26.3 Å². The number of allylic oxidation sites excluding steroid dienone is 1. The van der Waals surface area contributed by atoms with E-state index in [1.807, 2.05) is 6.92 Å². The van der Waals surface area contributed by atoms with Crippen molar-refractivity contribution in [2.75, 3.05) is 13.1 Å². The largest absolute Gasteiger partial charge is 0.416 e. The number of rotatable bonds is 4. The van der Waals surface area contributed by atoms with Gasteiger partial charge in [-0.15, -0.1) is 0 Å². The minimum atomic E-state index is -4.93. The van der Waals surface area contributed by atoms with E-state index in [0.717, 1.165) is 25.9 Å². The van der Waals surface area contributed by atoms with E-state index < -0.39 is 35.4 Å². The molecule has 2 aromatic rings. The van der Waals surface area contributed by atoms with Gasteiger partial charge in [0.25, 0.3) is 0 Å². The van der Waals surface area contributed by atoms with Gasteiger partial charge in [0, 0.05) is 30.0 Å². The van der Waals surface area contributed by atoms with E-state index in [4.69, 9.17) is 0 Å². The van der Waals surface area contributed by atoms with E-state index in [1.165, 1.54) is 11.1 Å². The van der Waals surface area contributed by atoms with Gasteiger partial charge in [-0.3, -0.25) is 9.69 Å². The summed E-state index contributed by atoms with van der Waals surface area (Å²) < 4.78 is 79.2. The number of carbonyl (C=O) groups excluding carboxylic acids is 1. The fraction of sp³-hybridized carbons (Fsp3) is 0.500. The summed E-state index contributed by atoms with van der Waals surface area (Å²) in [6.07, 6.45) is -2.29. The van der Waals surface area contributed by atoms with Crippen molar-refractivity contribution >= 4 is 12.0 Å². The maximum Gasteiger partial charge on any atom is 0.416 e. The Labute approximate surface area is 224 Å². The fourth-order valence-corrected chi connectivity index (χ4v) is 6.80. The third-order valence-corrected chi connectivity index (χ3v) is 9.10. The van der Waals surface area contributed by atoms with Crippen molar-refractivity contribution in [1.82, 2.24) is 10.2 Å². The van der Waals surface area contributed by atoms with Gasteiger partial charge in [-0.1, -0.05) is 50.3 Å². The monoisotopic (exact) mass is 550 g/mol. The lowest BCUT2D eigenvalue weighted by atomic mass is 9.68. The zero-order chi connectivity index (χ0) is 28.2. The number of benzene rings is 2. The van der Waals surface area contributed by atoms with E-state index in [-0.39, 0.29) is 29.0 Å². The third kappa shape index (κ3) is 5.22. The van der Waals surface area contributed by atoms with E-state index in [9.17, 15) is 31.1 Å². The van der Waals surface area contributed by atoms with Crippen LogP contribution in [0.5, 0.6) is 0 Å². The van der Waals surface area contributed by atoms with Gasteiger partial charge >= 0.3 is 12.4 Å². The Kier molecular flexibility index (Phi) is 6.89. The lowest BCUT2D eigenvalue weighted by molar-refractivity contribution is -0.143. The number of carbonyl (C=O) groups is 1. The zero-order valence-corrected chi connectivity index (χ0v) is 21.9. The molecule has 2 fully saturated rings. The second kappa shape index (κ2) is 9.68. The first-order chi connectivity index (χ1) is 18.2. The predicted octanol–water partition coefficient (Wildman–Crippen LogP) is 7.21. The highest BCUT2D eigenvalue weighted by Gasteiger charge is 2.48. The van der Waals surface area contributed by atoms with Crippen LogP contribution in [-0.2, 0) is 29.1 Å². The maximum absolute atomic E-state index is 13.2. The van der Waals surface area contributed by atoms with Gasteiger partial charge in [-0.25, -0.2) is 0 Å². The van der Waals surface area contributed by atoms with Crippen molar-refractivity contribution in [3.63, 3.8) is 0 Å². The molecule has 3 nitrogen and oxygen atoms in total. The van der Waals surface area contributed by atoms with Crippen LogP contribution in [0.1, 0.15) is 67.3 Å². The standard InChI is InChI=1S/C30H32F6N2O/c1-19-18-38(12-11-28(19)10-7-21-5-3-4-6-25(21)28)24-8-9-27(2,16-24)26(39)37-17-20-13-22(29(31,32)33)15-23(14-20)30(34,35)36/h3-7,10,13-15,19,24H,8-9,11-12,16-18H2,1-2H3,(H,37,39)/t19-,24?,27-,28-/m0/s1. The highest BCUT2D eigenvalue weighted by atomic mass is 19.4. The number of hydrogen-bond donors (Lipinski definition) is 1. The Balaban J connectivity index is 1.23. The number of halogens is 6. The Morgan fingerprint density at radius 3 is 2.33 bits per heavy atom. The first-order valence-electron chi connectivity index (χ1n) is 13.3. The Morgan fingerprint density at radius 1 is 1.03 bits per heavy atom. The zero-order valence-electron chi connectivity index (χ0n) is 21.9. The van der Waals surface area contributed by atoms with Crippen LogP contribution in [-0.4, -0.2) is 29.9 Å². The Hall–Kier alpha value is -2.81. The Morgan fingerprint density at radius 2 is 1.69 bits per heavy atom. The van der Waals surface area contributed by atoms with Crippen LogP contribution < -0.4 is 5.32 Å². The summed E-state index contributed by atoms with van der Waals surface area (Å²) in [6, 6.07) is 10.1. The second-order valence-electron chi connectivity index (χ2n) is 11.7. The highest BCUT2D eigenvalue weighted by Crippen LogP contribution is 2.49. The number of fused-ring (bicyclic) bond motifs is 2. The highest BCUT2D eigenvalue weighted by molar-refractivity contribution is 5.82. The van der Waals surface area contributed by atoms with Crippen LogP contribution in [0.3, 0.4) is 0 Å². The molecule has 2 aliphatic carbocycles. The number of likely N-dealkylation sites (tertiary alicyclic amines) is 1. The molecule has 0 radical (unpaired) electrons. The number of piperidine rings is 1. The van der Waals surface area contributed by atoms with Crippen LogP contribution >= 0.6 is 0 Å². The summed E-state index contributed by atoms with van der Waals surface area (Å²) in [7, 11) is 0. The van der Waals surface area contributed by atoms with Crippen molar-refractivity contribution in [1.29, 1.82) is 0 Å². The molecule has 1 amide bonds. The number of alkyl halides is 6. The molecule has 3 aliphatic rings. The molecule has 0 bridgehead atoms. The molecule has 1 saturated heterocycles. The average molecular weight is 551 g/mol. The van der Waals surface area contributed by atoms with Crippen molar-refractivity contribution in [2.24, 2.45) is 11.3 Å². The van der Waals surface area contributed by atoms with Crippen LogP contribution in [0.15, 0.2) is 48.5 Å². The third-order valence-electron chi connectivity index (χ3n) is 9.10. The van der Waals surface area contributed by atoms with Crippen molar-refractivity contribution < 1.29 is 31.1 Å². The fourth-order valence-electron chi connectivity index (χ4n) is 6.80. The molecule has 5 rings (SSSR count). The summed E-state index contributed by atoms with van der Waals surface area (Å²) in [6.45, 7) is 5.49. The van der Waals surface area contributed by atoms with E-state index in [0.29, 0.717) is 30.9 Å². The molecular formula is C30H32F6N2O. The molecule has 1 heterocycles. The summed E-state index contributed by atoms with van der Waals surface area (Å²) in [4.78, 5) is 15.6. The lowest BCUT2D eigenvalue weighted by Gasteiger charge is -2.46. The minimum absolute atomic E-state index is 0.0204. The van der Waals surface area contributed by atoms with E-state index in [1.54, 1.807) is 0 Å². The van der Waals surface area contributed by atoms with Gasteiger partial charge in [0.05, 0.1) is 11.1 Å². The summed E-state index contributed by atoms with van der Waals surface area (Å²) in [5, 5.41) is 2.62. The first-order valence-corrected chi connectivity index (χ1v) is 13.3. The molecule has 210 valence electrons. The molecule has 1 aliphatic heterocycles. The van der Waals surface area contributed by atoms with Crippen molar-refractivity contribution in [3.8, 4) is 0 Å². The molecule has 1 N–H and O–H groups in total. The topological polar surface area (TPSA) is 32.3 Å². The lowest BCUT2D eigenvalue weighted by Crippen LogP contribution is -2.50. The molecule has 2 aromatic carbocycles. The normalized spacial score (nSPS) is 29.1. The van der Waals surface area contributed by atoms with Crippen LogP contribution in [0.4, 0.5) is 26.3 Å². The van der Waals surface area contributed by atoms with Gasteiger partial charge in [-0.05, 0) is 73.0 Å². The van der Waals surface area contributed by atoms with Gasteiger partial charge < -0.3 is 5.32 Å². The summed E-state index contributed by atoms with van der Waals surface area (Å²) in [5.74, 6) is 0.0423.